The van der Waals surface area contributed by atoms with Gasteiger partial charge in [0.05, 0.1) is 33.6 Å². The van der Waals surface area contributed by atoms with Gasteiger partial charge in [-0.05, 0) is 35.6 Å². The predicted molar refractivity (Wildman–Crippen MR) is 133 cm³/mol. The Balaban J connectivity index is 1.28. The van der Waals surface area contributed by atoms with Crippen LogP contribution in [0.5, 0.6) is 16.7 Å². The minimum Gasteiger partial charge on any atom is -0.497 e. The Morgan fingerprint density at radius 2 is 1.91 bits per heavy atom. The normalized spacial score (nSPS) is 14.1. The van der Waals surface area contributed by atoms with E-state index in [9.17, 15) is 0 Å². The molecule has 9 nitrogen and oxygen atoms in total. The number of methoxy groups -OCH3 is 2. The van der Waals surface area contributed by atoms with Gasteiger partial charge in [-0.25, -0.2) is 9.50 Å². The summed E-state index contributed by atoms with van der Waals surface area (Å²) in [6, 6.07) is 14.0. The van der Waals surface area contributed by atoms with Gasteiger partial charge in [0.2, 0.25) is 4.96 Å². The molecule has 180 valence electrons. The highest BCUT2D eigenvalue weighted by Crippen LogP contribution is 2.34. The van der Waals surface area contributed by atoms with Gasteiger partial charge in [-0.1, -0.05) is 6.07 Å². The molecule has 10 heteroatoms. The number of furan rings is 1. The van der Waals surface area contributed by atoms with Crippen LogP contribution in [-0.4, -0.2) is 55.1 Å². The quantitative estimate of drug-likeness (QED) is 0.325. The summed E-state index contributed by atoms with van der Waals surface area (Å²) in [5.74, 6) is 2.17. The molecular formula is C25H24N4O5S. The minimum absolute atomic E-state index is 0.371. The zero-order valence-corrected chi connectivity index (χ0v) is 20.2. The molecule has 1 saturated heterocycles. The van der Waals surface area contributed by atoms with Crippen LogP contribution in [0.1, 0.15) is 5.56 Å². The first-order chi connectivity index (χ1) is 17.2. The van der Waals surface area contributed by atoms with Crippen LogP contribution >= 0.6 is 11.3 Å². The highest BCUT2D eigenvalue weighted by Gasteiger charge is 2.17. The molecule has 0 bridgehead atoms. The topological polar surface area (TPSA) is 83.5 Å². The molecule has 1 aliphatic heterocycles. The molecule has 0 radical (unpaired) electrons. The maximum absolute atomic E-state index is 6.21. The van der Waals surface area contributed by atoms with Crippen LogP contribution in [0.3, 0.4) is 0 Å². The summed E-state index contributed by atoms with van der Waals surface area (Å²) in [7, 11) is 3.23. The lowest BCUT2D eigenvalue weighted by molar-refractivity contribution is 0.122. The summed E-state index contributed by atoms with van der Waals surface area (Å²) >= 11 is 1.37. The Labute approximate surface area is 205 Å². The van der Waals surface area contributed by atoms with Gasteiger partial charge in [0.1, 0.15) is 29.4 Å². The first-order valence-corrected chi connectivity index (χ1v) is 12.1. The Morgan fingerprint density at radius 3 is 2.71 bits per heavy atom. The molecule has 0 aliphatic carbocycles. The fourth-order valence-electron chi connectivity index (χ4n) is 4.18. The molecular weight excluding hydrogens is 468 g/mol. The number of fused-ring (bicyclic) bond motifs is 2. The third kappa shape index (κ3) is 4.26. The van der Waals surface area contributed by atoms with Crippen molar-refractivity contribution < 1.29 is 23.4 Å². The Kier molecular flexibility index (Phi) is 5.67. The van der Waals surface area contributed by atoms with Crippen LogP contribution in [0.25, 0.3) is 27.4 Å². The number of nitrogens with zero attached hydrogens (tertiary/aromatic N) is 4. The van der Waals surface area contributed by atoms with Gasteiger partial charge < -0.3 is 28.3 Å². The van der Waals surface area contributed by atoms with E-state index < -0.39 is 0 Å². The van der Waals surface area contributed by atoms with Crippen LogP contribution in [0.2, 0.25) is 0 Å². The predicted octanol–water partition coefficient (Wildman–Crippen LogP) is 4.64. The van der Waals surface area contributed by atoms with Gasteiger partial charge in [-0.2, -0.15) is 0 Å². The van der Waals surface area contributed by atoms with Crippen molar-refractivity contribution in [3.8, 4) is 28.1 Å². The third-order valence-corrected chi connectivity index (χ3v) is 6.86. The lowest BCUT2D eigenvalue weighted by Crippen LogP contribution is -2.36. The van der Waals surface area contributed by atoms with Gasteiger partial charge >= 0.3 is 0 Å². The first-order valence-electron chi connectivity index (χ1n) is 11.3. The molecule has 0 saturated carbocycles. The molecule has 4 heterocycles. The van der Waals surface area contributed by atoms with Crippen LogP contribution in [0.15, 0.2) is 53.1 Å². The smallest absolute Gasteiger partial charge is 0.294 e. The number of anilines is 1. The summed E-state index contributed by atoms with van der Waals surface area (Å²) in [6.45, 7) is 3.62. The molecule has 1 aliphatic rings. The Bertz CT molecular complexity index is 1450. The summed E-state index contributed by atoms with van der Waals surface area (Å²) in [4.78, 5) is 7.68. The number of rotatable bonds is 7. The maximum atomic E-state index is 6.21. The molecule has 0 N–H and O–H groups in total. The number of imidazole rings is 1. The number of aromatic nitrogens is 3. The van der Waals surface area contributed by atoms with E-state index >= 15 is 0 Å². The van der Waals surface area contributed by atoms with Crippen LogP contribution in [0, 0.1) is 0 Å². The van der Waals surface area contributed by atoms with Crippen LogP contribution in [-0.2, 0) is 11.3 Å². The zero-order chi connectivity index (χ0) is 23.8. The van der Waals surface area contributed by atoms with Crippen molar-refractivity contribution in [3.05, 3.63) is 54.2 Å². The van der Waals surface area contributed by atoms with E-state index in [0.717, 1.165) is 53.7 Å². The Hall–Kier alpha value is -3.76. The first kappa shape index (κ1) is 21.8. The second kappa shape index (κ2) is 9.12. The third-order valence-electron chi connectivity index (χ3n) is 5.97. The van der Waals surface area contributed by atoms with E-state index in [1.54, 1.807) is 18.7 Å². The van der Waals surface area contributed by atoms with E-state index in [0.29, 0.717) is 34.6 Å². The van der Waals surface area contributed by atoms with Crippen molar-refractivity contribution in [2.45, 2.75) is 6.61 Å². The average molecular weight is 493 g/mol. The minimum atomic E-state index is 0.371. The molecule has 6 rings (SSSR count). The standard InChI is InChI=1S/C25H24N4O5S/c1-30-19-10-16(15-33-18-5-3-4-17(11-18)28-6-8-32-9-7-28)20-13-23(34-22(20)12-19)21-14-29-24(26-21)35-25(27-29)31-2/h3-5,10-14H,6-9,15H2,1-2H3. The lowest BCUT2D eigenvalue weighted by Gasteiger charge is -2.29. The Morgan fingerprint density at radius 1 is 1.03 bits per heavy atom. The zero-order valence-electron chi connectivity index (χ0n) is 19.4. The fourth-order valence-corrected chi connectivity index (χ4v) is 4.88. The number of morpholine rings is 1. The summed E-state index contributed by atoms with van der Waals surface area (Å²) in [5.41, 5.74) is 3.51. The number of ether oxygens (including phenoxy) is 4. The molecule has 5 aromatic rings. The molecule has 0 spiro atoms. The monoisotopic (exact) mass is 492 g/mol. The van der Waals surface area contributed by atoms with Crippen molar-refractivity contribution in [1.29, 1.82) is 0 Å². The van der Waals surface area contributed by atoms with Gasteiger partial charge in [0, 0.05) is 41.9 Å². The molecule has 35 heavy (non-hydrogen) atoms. The van der Waals surface area contributed by atoms with Crippen molar-refractivity contribution in [2.75, 3.05) is 45.4 Å². The van der Waals surface area contributed by atoms with Crippen LogP contribution < -0.4 is 19.1 Å². The number of hydrogen-bond acceptors (Lipinski definition) is 9. The average Bonchev–Trinajstić information content (AvgIpc) is 3.60. The van der Waals surface area contributed by atoms with E-state index in [2.05, 4.69) is 27.1 Å². The molecule has 0 atom stereocenters. The SMILES string of the molecule is COc1cc(COc2cccc(N3CCOCC3)c2)c2cc(-c3cn4nc(OC)sc4n3)oc2c1. The highest BCUT2D eigenvalue weighted by molar-refractivity contribution is 7.18. The van der Waals surface area contributed by atoms with Crippen molar-refractivity contribution >= 4 is 33.0 Å². The van der Waals surface area contributed by atoms with Gasteiger partial charge in [0.25, 0.3) is 5.19 Å². The lowest BCUT2D eigenvalue weighted by atomic mass is 10.1. The molecule has 3 aromatic heterocycles. The summed E-state index contributed by atoms with van der Waals surface area (Å²) in [5, 5.41) is 5.85. The summed E-state index contributed by atoms with van der Waals surface area (Å²) in [6.07, 6.45) is 1.83. The molecule has 1 fully saturated rings. The van der Waals surface area contributed by atoms with Crippen LogP contribution in [0.4, 0.5) is 5.69 Å². The van der Waals surface area contributed by atoms with Gasteiger partial charge in [0.15, 0.2) is 5.76 Å². The van der Waals surface area contributed by atoms with E-state index in [1.165, 1.54) is 11.3 Å². The maximum Gasteiger partial charge on any atom is 0.294 e. The van der Waals surface area contributed by atoms with Crippen molar-refractivity contribution in [3.63, 3.8) is 0 Å². The van der Waals surface area contributed by atoms with Gasteiger partial charge in [-0.3, -0.25) is 0 Å². The van der Waals surface area contributed by atoms with E-state index in [1.807, 2.05) is 36.5 Å². The fraction of sp³-hybridized carbons (Fsp3) is 0.280. The molecule has 2 aromatic carbocycles. The molecule has 0 unspecified atom stereocenters. The van der Waals surface area contributed by atoms with Gasteiger partial charge in [-0.15, -0.1) is 5.10 Å². The number of hydrogen-bond donors (Lipinski definition) is 0. The van der Waals surface area contributed by atoms with E-state index in [-0.39, 0.29) is 0 Å². The second-order valence-corrected chi connectivity index (χ2v) is 9.04. The van der Waals surface area contributed by atoms with Crippen molar-refractivity contribution in [2.24, 2.45) is 0 Å². The highest BCUT2D eigenvalue weighted by atomic mass is 32.1. The number of benzene rings is 2. The summed E-state index contributed by atoms with van der Waals surface area (Å²) < 4.78 is 30.2. The largest absolute Gasteiger partial charge is 0.497 e. The van der Waals surface area contributed by atoms with E-state index in [4.69, 9.17) is 23.4 Å². The van der Waals surface area contributed by atoms with Crippen molar-refractivity contribution in [1.82, 2.24) is 14.6 Å². The second-order valence-electron chi connectivity index (χ2n) is 8.12. The molecule has 0 amide bonds.